The molecule has 4 heteroatoms. The van der Waals surface area contributed by atoms with E-state index >= 15 is 0 Å². The van der Waals surface area contributed by atoms with Gasteiger partial charge in [-0.25, -0.2) is 0 Å². The molecule has 0 fully saturated rings. The first-order valence-corrected chi connectivity index (χ1v) is 7.00. The van der Waals surface area contributed by atoms with Crippen LogP contribution in [0, 0.1) is 0 Å². The Kier molecular flexibility index (Phi) is 3.25. The van der Waals surface area contributed by atoms with Crippen LogP contribution in [0.2, 0.25) is 10.0 Å². The summed E-state index contributed by atoms with van der Waals surface area (Å²) in [4.78, 5) is 5.36. The molecular formula is C14H9Cl2NS. The van der Waals surface area contributed by atoms with Crippen molar-refractivity contribution in [1.29, 1.82) is 0 Å². The fourth-order valence-electron chi connectivity index (χ4n) is 1.80. The monoisotopic (exact) mass is 293 g/mol. The molecule has 1 aromatic heterocycles. The van der Waals surface area contributed by atoms with Crippen molar-refractivity contribution >= 4 is 45.9 Å². The lowest BCUT2D eigenvalue weighted by molar-refractivity contribution is 1.39. The number of hydrogen-bond acceptors (Lipinski definition) is 1. The summed E-state index contributed by atoms with van der Waals surface area (Å²) in [5.74, 6) is 0. The maximum Gasteiger partial charge on any atom is 0.0546 e. The molecule has 1 heterocycles. The number of benzene rings is 2. The van der Waals surface area contributed by atoms with E-state index in [2.05, 4.69) is 17.1 Å². The maximum atomic E-state index is 6.17. The second-order valence-corrected chi connectivity index (χ2v) is 5.80. The van der Waals surface area contributed by atoms with Gasteiger partial charge in [0.1, 0.15) is 0 Å². The third-order valence-corrected chi connectivity index (χ3v) is 4.46. The number of fused-ring (bicyclic) bond motifs is 1. The van der Waals surface area contributed by atoms with Crippen LogP contribution in [0.1, 0.15) is 0 Å². The number of H-pyrrole nitrogens is 1. The Hall–Kier alpha value is -1.09. The van der Waals surface area contributed by atoms with Crippen LogP contribution in [0.15, 0.2) is 58.5 Å². The summed E-state index contributed by atoms with van der Waals surface area (Å²) in [6, 6.07) is 13.7. The van der Waals surface area contributed by atoms with Gasteiger partial charge in [-0.15, -0.1) is 0 Å². The summed E-state index contributed by atoms with van der Waals surface area (Å²) in [6.07, 6.45) is 1.99. The molecule has 1 N–H and O–H groups in total. The predicted octanol–water partition coefficient (Wildman–Crippen LogP) is 5.63. The van der Waals surface area contributed by atoms with Crippen LogP contribution in [-0.2, 0) is 0 Å². The third-order valence-electron chi connectivity index (χ3n) is 2.66. The van der Waals surface area contributed by atoms with E-state index in [0.29, 0.717) is 5.02 Å². The Morgan fingerprint density at radius 1 is 0.944 bits per heavy atom. The zero-order valence-electron chi connectivity index (χ0n) is 9.28. The van der Waals surface area contributed by atoms with Gasteiger partial charge in [0.25, 0.3) is 0 Å². The fourth-order valence-corrected chi connectivity index (χ4v) is 3.27. The molecule has 0 aliphatic rings. The number of aromatic amines is 1. The van der Waals surface area contributed by atoms with E-state index in [1.54, 1.807) is 17.8 Å². The molecule has 0 unspecified atom stereocenters. The molecule has 0 atom stereocenters. The summed E-state index contributed by atoms with van der Waals surface area (Å²) < 4.78 is 0. The van der Waals surface area contributed by atoms with Crippen LogP contribution < -0.4 is 0 Å². The van der Waals surface area contributed by atoms with Gasteiger partial charge in [-0.3, -0.25) is 0 Å². The quantitative estimate of drug-likeness (QED) is 0.648. The number of para-hydroxylation sites is 1. The summed E-state index contributed by atoms with van der Waals surface area (Å²) in [5, 5.41) is 2.61. The van der Waals surface area contributed by atoms with E-state index in [-0.39, 0.29) is 0 Å². The van der Waals surface area contributed by atoms with Gasteiger partial charge < -0.3 is 4.98 Å². The van der Waals surface area contributed by atoms with Crippen molar-refractivity contribution in [2.75, 3.05) is 0 Å². The zero-order chi connectivity index (χ0) is 12.5. The number of halogens is 2. The van der Waals surface area contributed by atoms with Crippen molar-refractivity contribution in [1.82, 2.24) is 4.98 Å². The molecule has 2 aromatic carbocycles. The van der Waals surface area contributed by atoms with Gasteiger partial charge >= 0.3 is 0 Å². The minimum absolute atomic E-state index is 0.696. The van der Waals surface area contributed by atoms with Crippen molar-refractivity contribution in [3.8, 4) is 0 Å². The molecule has 0 aliphatic heterocycles. The third kappa shape index (κ3) is 2.24. The van der Waals surface area contributed by atoms with E-state index in [9.17, 15) is 0 Å². The number of aromatic nitrogens is 1. The van der Waals surface area contributed by atoms with Crippen molar-refractivity contribution in [2.24, 2.45) is 0 Å². The highest BCUT2D eigenvalue weighted by molar-refractivity contribution is 7.99. The van der Waals surface area contributed by atoms with E-state index in [1.165, 1.54) is 5.39 Å². The van der Waals surface area contributed by atoms with Gasteiger partial charge in [0, 0.05) is 31.9 Å². The molecule has 0 amide bonds. The van der Waals surface area contributed by atoms with Crippen molar-refractivity contribution in [2.45, 2.75) is 9.79 Å². The first-order chi connectivity index (χ1) is 8.74. The van der Waals surface area contributed by atoms with Gasteiger partial charge in [0.05, 0.1) is 5.02 Å². The molecule has 0 bridgehead atoms. The highest BCUT2D eigenvalue weighted by Crippen LogP contribution is 2.38. The van der Waals surface area contributed by atoms with Gasteiger partial charge in [-0.1, -0.05) is 53.2 Å². The lowest BCUT2D eigenvalue weighted by Crippen LogP contribution is -1.75. The van der Waals surface area contributed by atoms with Crippen LogP contribution >= 0.6 is 35.0 Å². The second-order valence-electron chi connectivity index (χ2n) is 3.88. The van der Waals surface area contributed by atoms with Crippen LogP contribution in [0.3, 0.4) is 0 Å². The van der Waals surface area contributed by atoms with E-state index in [4.69, 9.17) is 23.2 Å². The van der Waals surface area contributed by atoms with E-state index < -0.39 is 0 Å². The molecule has 90 valence electrons. The molecule has 1 nitrogen and oxygen atoms in total. The molecule has 18 heavy (non-hydrogen) atoms. The number of rotatable bonds is 2. The van der Waals surface area contributed by atoms with Crippen molar-refractivity contribution in [3.05, 3.63) is 58.7 Å². The maximum absolute atomic E-state index is 6.17. The van der Waals surface area contributed by atoms with E-state index in [1.807, 2.05) is 30.5 Å². The Labute approximate surface area is 119 Å². The Morgan fingerprint density at radius 3 is 2.67 bits per heavy atom. The molecule has 0 saturated carbocycles. The highest BCUT2D eigenvalue weighted by Gasteiger charge is 2.08. The Balaban J connectivity index is 2.04. The molecule has 3 rings (SSSR count). The fraction of sp³-hybridized carbons (Fsp3) is 0. The van der Waals surface area contributed by atoms with Crippen LogP contribution in [-0.4, -0.2) is 4.98 Å². The SMILES string of the molecule is Clc1ccc(Cl)c(Sc2c[nH]c3ccccc23)c1. The average Bonchev–Trinajstić information content (AvgIpc) is 2.78. The molecule has 0 aliphatic carbocycles. The highest BCUT2D eigenvalue weighted by atomic mass is 35.5. The topological polar surface area (TPSA) is 15.8 Å². The van der Waals surface area contributed by atoms with Crippen LogP contribution in [0.25, 0.3) is 10.9 Å². The number of hydrogen-bond donors (Lipinski definition) is 1. The van der Waals surface area contributed by atoms with E-state index in [0.717, 1.165) is 20.3 Å². The van der Waals surface area contributed by atoms with Gasteiger partial charge in [0.2, 0.25) is 0 Å². The molecular weight excluding hydrogens is 285 g/mol. The van der Waals surface area contributed by atoms with Crippen LogP contribution in [0.5, 0.6) is 0 Å². The zero-order valence-corrected chi connectivity index (χ0v) is 11.6. The molecule has 0 spiro atoms. The summed E-state index contributed by atoms with van der Waals surface area (Å²) >= 11 is 13.8. The first-order valence-electron chi connectivity index (χ1n) is 5.43. The summed E-state index contributed by atoms with van der Waals surface area (Å²) in [7, 11) is 0. The standard InChI is InChI=1S/C14H9Cl2NS/c15-9-5-6-11(16)13(7-9)18-14-8-17-12-4-2-1-3-10(12)14/h1-8,17H. The first kappa shape index (κ1) is 12.0. The van der Waals surface area contributed by atoms with Gasteiger partial charge in [-0.05, 0) is 24.3 Å². The summed E-state index contributed by atoms with van der Waals surface area (Å²) in [6.45, 7) is 0. The Morgan fingerprint density at radius 2 is 1.78 bits per heavy atom. The summed E-state index contributed by atoms with van der Waals surface area (Å²) in [5.41, 5.74) is 1.12. The molecule has 0 saturated heterocycles. The molecule has 3 aromatic rings. The minimum Gasteiger partial charge on any atom is -0.360 e. The number of nitrogens with one attached hydrogen (secondary N) is 1. The predicted molar refractivity (Wildman–Crippen MR) is 78.9 cm³/mol. The second kappa shape index (κ2) is 4.88. The lowest BCUT2D eigenvalue weighted by Gasteiger charge is -2.03. The van der Waals surface area contributed by atoms with Crippen molar-refractivity contribution in [3.63, 3.8) is 0 Å². The smallest absolute Gasteiger partial charge is 0.0546 e. The Bertz CT molecular complexity index is 706. The minimum atomic E-state index is 0.696. The van der Waals surface area contributed by atoms with Crippen molar-refractivity contribution < 1.29 is 0 Å². The largest absolute Gasteiger partial charge is 0.360 e. The van der Waals surface area contributed by atoms with Gasteiger partial charge in [-0.2, -0.15) is 0 Å². The normalized spacial score (nSPS) is 11.0. The lowest BCUT2D eigenvalue weighted by atomic mass is 10.2. The molecule has 0 radical (unpaired) electrons. The average molecular weight is 294 g/mol. The van der Waals surface area contributed by atoms with Crippen LogP contribution in [0.4, 0.5) is 0 Å². The van der Waals surface area contributed by atoms with Gasteiger partial charge in [0.15, 0.2) is 0 Å².